The van der Waals surface area contributed by atoms with Gasteiger partial charge >= 0.3 is 6.03 Å². The first-order valence-corrected chi connectivity index (χ1v) is 9.45. The second-order valence-electron chi connectivity index (χ2n) is 7.59. The summed E-state index contributed by atoms with van der Waals surface area (Å²) in [5, 5.41) is 3.06. The van der Waals surface area contributed by atoms with Crippen LogP contribution in [0.5, 0.6) is 0 Å². The third kappa shape index (κ3) is 3.67. The summed E-state index contributed by atoms with van der Waals surface area (Å²) in [7, 11) is 0. The van der Waals surface area contributed by atoms with E-state index in [2.05, 4.69) is 14.9 Å². The van der Waals surface area contributed by atoms with E-state index in [0.717, 1.165) is 25.1 Å². The molecule has 1 aliphatic carbocycles. The second kappa shape index (κ2) is 7.06. The van der Waals surface area contributed by atoms with Crippen molar-refractivity contribution in [3.8, 4) is 0 Å². The van der Waals surface area contributed by atoms with Gasteiger partial charge < -0.3 is 19.7 Å². The van der Waals surface area contributed by atoms with Crippen LogP contribution in [0.15, 0.2) is 49.1 Å². The Labute approximate surface area is 159 Å². The van der Waals surface area contributed by atoms with E-state index in [1.54, 1.807) is 22.9 Å². The Kier molecular flexibility index (Phi) is 4.59. The van der Waals surface area contributed by atoms with Gasteiger partial charge in [0.25, 0.3) is 0 Å². The number of aromatic nitrogens is 2. The first kappa shape index (κ1) is 17.6. The van der Waals surface area contributed by atoms with Crippen molar-refractivity contribution in [3.63, 3.8) is 0 Å². The average Bonchev–Trinajstić information content (AvgIpc) is 3.25. The third-order valence-corrected chi connectivity index (χ3v) is 5.63. The number of nitrogens with one attached hydrogen (secondary N) is 1. The van der Waals surface area contributed by atoms with Gasteiger partial charge in [0.2, 0.25) is 5.91 Å². The number of urea groups is 1. The molecule has 3 amide bonds. The highest BCUT2D eigenvalue weighted by molar-refractivity contribution is 5.99. The SMILES string of the molecule is C[C@H]1C(=O)N(c2ccccc2)CCN1C(=O)NCC1(Cn2ccnc2)CC1. The molecule has 0 unspecified atom stereocenters. The first-order chi connectivity index (χ1) is 13.1. The van der Waals surface area contributed by atoms with Crippen LogP contribution in [0.25, 0.3) is 0 Å². The summed E-state index contributed by atoms with van der Waals surface area (Å²) in [5.74, 6) is -0.0397. The summed E-state index contributed by atoms with van der Waals surface area (Å²) in [5.41, 5.74) is 1.00. The average molecular weight is 367 g/mol. The molecule has 0 bridgehead atoms. The predicted octanol–water partition coefficient (Wildman–Crippen LogP) is 2.11. The van der Waals surface area contributed by atoms with Crippen LogP contribution in [0.4, 0.5) is 10.5 Å². The zero-order valence-electron chi connectivity index (χ0n) is 15.5. The quantitative estimate of drug-likeness (QED) is 0.880. The van der Waals surface area contributed by atoms with Gasteiger partial charge in [0.15, 0.2) is 0 Å². The molecule has 7 nitrogen and oxygen atoms in total. The van der Waals surface area contributed by atoms with E-state index in [-0.39, 0.29) is 17.4 Å². The Bertz CT molecular complexity index is 801. The molecule has 1 aliphatic heterocycles. The number of rotatable bonds is 5. The number of carbonyl (C=O) groups excluding carboxylic acids is 2. The van der Waals surface area contributed by atoms with E-state index < -0.39 is 6.04 Å². The minimum Gasteiger partial charge on any atom is -0.337 e. The number of imidazole rings is 1. The molecule has 2 aliphatic rings. The van der Waals surface area contributed by atoms with Gasteiger partial charge in [-0.3, -0.25) is 4.79 Å². The van der Waals surface area contributed by atoms with E-state index in [4.69, 9.17) is 0 Å². The highest BCUT2D eigenvalue weighted by Gasteiger charge is 2.44. The van der Waals surface area contributed by atoms with Crippen molar-refractivity contribution in [2.24, 2.45) is 5.41 Å². The number of amides is 3. The van der Waals surface area contributed by atoms with Crippen molar-refractivity contribution in [2.45, 2.75) is 32.4 Å². The van der Waals surface area contributed by atoms with Crippen molar-refractivity contribution in [2.75, 3.05) is 24.5 Å². The fourth-order valence-corrected chi connectivity index (χ4v) is 3.71. The van der Waals surface area contributed by atoms with Crippen molar-refractivity contribution in [1.82, 2.24) is 19.8 Å². The van der Waals surface area contributed by atoms with Gasteiger partial charge in [-0.05, 0) is 31.9 Å². The van der Waals surface area contributed by atoms with Crippen molar-refractivity contribution in [1.29, 1.82) is 0 Å². The summed E-state index contributed by atoms with van der Waals surface area (Å²) in [6.07, 6.45) is 7.73. The van der Waals surface area contributed by atoms with Gasteiger partial charge in [-0.2, -0.15) is 0 Å². The number of anilines is 1. The van der Waals surface area contributed by atoms with Crippen LogP contribution in [0.3, 0.4) is 0 Å². The van der Waals surface area contributed by atoms with Gasteiger partial charge in [-0.25, -0.2) is 9.78 Å². The maximum absolute atomic E-state index is 12.8. The number of para-hydroxylation sites is 1. The number of carbonyl (C=O) groups is 2. The number of hydrogen-bond acceptors (Lipinski definition) is 3. The summed E-state index contributed by atoms with van der Waals surface area (Å²) in [6.45, 7) is 4.34. The van der Waals surface area contributed by atoms with Gasteiger partial charge in [-0.15, -0.1) is 0 Å². The zero-order valence-corrected chi connectivity index (χ0v) is 15.5. The molecular weight excluding hydrogens is 342 g/mol. The standard InChI is InChI=1S/C20H25N5O2/c1-16-18(26)25(17-5-3-2-4-6-17)12-11-24(16)19(27)22-13-20(7-8-20)14-23-10-9-21-15-23/h2-6,9-10,15-16H,7-8,11-14H2,1H3,(H,22,27)/t16-/m0/s1. The third-order valence-electron chi connectivity index (χ3n) is 5.63. The molecule has 1 atom stereocenters. The Morgan fingerprint density at radius 1 is 1.26 bits per heavy atom. The van der Waals surface area contributed by atoms with Crippen LogP contribution in [0.1, 0.15) is 19.8 Å². The minimum absolute atomic E-state index is 0.0397. The van der Waals surface area contributed by atoms with Gasteiger partial charge in [0.1, 0.15) is 6.04 Å². The molecule has 142 valence electrons. The van der Waals surface area contributed by atoms with Crippen LogP contribution < -0.4 is 10.2 Å². The van der Waals surface area contributed by atoms with Crippen LogP contribution in [-0.4, -0.2) is 52.1 Å². The summed E-state index contributed by atoms with van der Waals surface area (Å²) < 4.78 is 2.06. The molecule has 0 spiro atoms. The smallest absolute Gasteiger partial charge is 0.318 e. The molecule has 1 aromatic carbocycles. The molecule has 2 fully saturated rings. The van der Waals surface area contributed by atoms with Crippen LogP contribution in [-0.2, 0) is 11.3 Å². The lowest BCUT2D eigenvalue weighted by molar-refractivity contribution is -0.124. The summed E-state index contributed by atoms with van der Waals surface area (Å²) in [6, 6.07) is 8.99. The number of nitrogens with zero attached hydrogens (tertiary/aromatic N) is 4. The number of hydrogen-bond donors (Lipinski definition) is 1. The normalized spacial score (nSPS) is 21.2. The molecule has 2 aromatic rings. The molecule has 1 saturated carbocycles. The predicted molar refractivity (Wildman–Crippen MR) is 102 cm³/mol. The van der Waals surface area contributed by atoms with E-state index in [1.807, 2.05) is 42.9 Å². The molecule has 7 heteroatoms. The maximum Gasteiger partial charge on any atom is 0.318 e. The van der Waals surface area contributed by atoms with Gasteiger partial charge in [-0.1, -0.05) is 18.2 Å². The lowest BCUT2D eigenvalue weighted by Gasteiger charge is -2.39. The van der Waals surface area contributed by atoms with Crippen molar-refractivity contribution >= 4 is 17.6 Å². The largest absolute Gasteiger partial charge is 0.337 e. The molecule has 1 aromatic heterocycles. The summed E-state index contributed by atoms with van der Waals surface area (Å²) in [4.78, 5) is 32.9. The minimum atomic E-state index is -0.470. The molecule has 0 radical (unpaired) electrons. The number of piperazine rings is 1. The van der Waals surface area contributed by atoms with Crippen LogP contribution in [0, 0.1) is 5.41 Å². The molecule has 4 rings (SSSR count). The first-order valence-electron chi connectivity index (χ1n) is 9.45. The Balaban J connectivity index is 1.34. The Hall–Kier alpha value is -2.83. The van der Waals surface area contributed by atoms with Crippen LogP contribution >= 0.6 is 0 Å². The van der Waals surface area contributed by atoms with E-state index >= 15 is 0 Å². The molecule has 1 saturated heterocycles. The lowest BCUT2D eigenvalue weighted by atomic mass is 10.1. The Morgan fingerprint density at radius 2 is 2.04 bits per heavy atom. The second-order valence-corrected chi connectivity index (χ2v) is 7.59. The molecular formula is C20H25N5O2. The van der Waals surface area contributed by atoms with Crippen molar-refractivity contribution in [3.05, 3.63) is 49.1 Å². The fourth-order valence-electron chi connectivity index (χ4n) is 3.71. The van der Waals surface area contributed by atoms with Crippen LogP contribution in [0.2, 0.25) is 0 Å². The maximum atomic E-state index is 12.8. The van der Waals surface area contributed by atoms with E-state index in [1.165, 1.54) is 0 Å². The number of benzene rings is 1. The zero-order chi connectivity index (χ0) is 18.9. The monoisotopic (exact) mass is 367 g/mol. The summed E-state index contributed by atoms with van der Waals surface area (Å²) >= 11 is 0. The molecule has 27 heavy (non-hydrogen) atoms. The molecule has 1 N–H and O–H groups in total. The molecule has 2 heterocycles. The van der Waals surface area contributed by atoms with Gasteiger partial charge in [0, 0.05) is 49.7 Å². The Morgan fingerprint density at radius 3 is 2.70 bits per heavy atom. The fraction of sp³-hybridized carbons (Fsp3) is 0.450. The van der Waals surface area contributed by atoms with E-state index in [9.17, 15) is 9.59 Å². The highest BCUT2D eigenvalue weighted by Crippen LogP contribution is 2.46. The topological polar surface area (TPSA) is 70.5 Å². The van der Waals surface area contributed by atoms with E-state index in [0.29, 0.717) is 19.6 Å². The van der Waals surface area contributed by atoms with Gasteiger partial charge in [0.05, 0.1) is 6.33 Å². The van der Waals surface area contributed by atoms with Crippen molar-refractivity contribution < 1.29 is 9.59 Å². The lowest BCUT2D eigenvalue weighted by Crippen LogP contribution is -2.60. The highest BCUT2D eigenvalue weighted by atomic mass is 16.2.